The maximum atomic E-state index is 11.1. The second kappa shape index (κ2) is 6.95. The van der Waals surface area contributed by atoms with E-state index in [0.29, 0.717) is 6.42 Å². The number of ether oxygens (including phenoxy) is 2. The topological polar surface area (TPSA) is 38.8 Å². The van der Waals surface area contributed by atoms with Crippen molar-refractivity contribution < 1.29 is 14.3 Å². The number of fused-ring (bicyclic) bond motifs is 1. The Kier molecular flexibility index (Phi) is 5.26. The molecule has 0 saturated carbocycles. The van der Waals surface area contributed by atoms with Gasteiger partial charge in [-0.1, -0.05) is 11.6 Å². The Morgan fingerprint density at radius 1 is 1.50 bits per heavy atom. The Morgan fingerprint density at radius 3 is 3.05 bits per heavy atom. The van der Waals surface area contributed by atoms with Crippen LogP contribution in [0.2, 0.25) is 5.02 Å². The minimum absolute atomic E-state index is 0.162. The summed E-state index contributed by atoms with van der Waals surface area (Å²) in [5.41, 5.74) is 2.31. The van der Waals surface area contributed by atoms with Crippen LogP contribution < -0.4 is 4.74 Å². The smallest absolute Gasteiger partial charge is 0.305 e. The van der Waals surface area contributed by atoms with Crippen molar-refractivity contribution in [2.45, 2.75) is 25.8 Å². The average molecular weight is 298 g/mol. The number of rotatable bonds is 6. The molecule has 0 saturated heterocycles. The van der Waals surface area contributed by atoms with Crippen LogP contribution in [-0.4, -0.2) is 38.2 Å². The van der Waals surface area contributed by atoms with Gasteiger partial charge in [0.1, 0.15) is 5.75 Å². The Hall–Kier alpha value is -1.26. The Bertz CT molecular complexity index is 490. The number of carbonyl (C=O) groups is 1. The van der Waals surface area contributed by atoms with Crippen molar-refractivity contribution >= 4 is 17.6 Å². The van der Waals surface area contributed by atoms with Crippen molar-refractivity contribution in [1.29, 1.82) is 0 Å². The van der Waals surface area contributed by atoms with Gasteiger partial charge in [0, 0.05) is 30.0 Å². The highest BCUT2D eigenvalue weighted by atomic mass is 35.5. The van der Waals surface area contributed by atoms with Gasteiger partial charge in [-0.05, 0) is 37.7 Å². The van der Waals surface area contributed by atoms with E-state index < -0.39 is 0 Å². The molecule has 110 valence electrons. The molecule has 0 fully saturated rings. The SMILES string of the molecule is COC(=O)CCCN(C)Cc1cc(Cl)cc2c1OCC2. The monoisotopic (exact) mass is 297 g/mol. The molecule has 1 aromatic rings. The van der Waals surface area contributed by atoms with E-state index in [1.54, 1.807) is 0 Å². The van der Waals surface area contributed by atoms with E-state index >= 15 is 0 Å². The third-order valence-electron chi connectivity index (χ3n) is 3.41. The minimum atomic E-state index is -0.162. The summed E-state index contributed by atoms with van der Waals surface area (Å²) in [6.07, 6.45) is 2.16. The molecule has 5 heteroatoms. The number of esters is 1. The molecule has 0 amide bonds. The first-order chi connectivity index (χ1) is 9.60. The standard InChI is InChI=1S/C15H20ClNO3/c1-17(6-3-4-14(18)19-2)10-12-9-13(16)8-11-5-7-20-15(11)12/h8-9H,3-7,10H2,1-2H3. The zero-order chi connectivity index (χ0) is 14.5. The molecule has 4 nitrogen and oxygen atoms in total. The molecule has 1 heterocycles. The van der Waals surface area contributed by atoms with Crippen molar-refractivity contribution in [3.05, 3.63) is 28.3 Å². The molecule has 0 spiro atoms. The number of hydrogen-bond donors (Lipinski definition) is 0. The van der Waals surface area contributed by atoms with Gasteiger partial charge in [0.25, 0.3) is 0 Å². The first kappa shape index (κ1) is 15.1. The van der Waals surface area contributed by atoms with E-state index in [-0.39, 0.29) is 5.97 Å². The summed E-state index contributed by atoms with van der Waals surface area (Å²) < 4.78 is 10.3. The van der Waals surface area contributed by atoms with Crippen LogP contribution in [0.4, 0.5) is 0 Å². The highest BCUT2D eigenvalue weighted by Crippen LogP contribution is 2.33. The van der Waals surface area contributed by atoms with Crippen LogP contribution in [0.15, 0.2) is 12.1 Å². The first-order valence-electron chi connectivity index (χ1n) is 6.79. The van der Waals surface area contributed by atoms with Crippen molar-refractivity contribution in [3.8, 4) is 5.75 Å². The van der Waals surface area contributed by atoms with Crippen molar-refractivity contribution in [3.63, 3.8) is 0 Å². The largest absolute Gasteiger partial charge is 0.493 e. The van der Waals surface area contributed by atoms with Crippen LogP contribution in [0.3, 0.4) is 0 Å². The highest BCUT2D eigenvalue weighted by Gasteiger charge is 2.18. The van der Waals surface area contributed by atoms with Gasteiger partial charge in [0.15, 0.2) is 0 Å². The fourth-order valence-corrected chi connectivity index (χ4v) is 2.69. The van der Waals surface area contributed by atoms with Gasteiger partial charge in [0.2, 0.25) is 0 Å². The van der Waals surface area contributed by atoms with Gasteiger partial charge in [0.05, 0.1) is 13.7 Å². The fraction of sp³-hybridized carbons (Fsp3) is 0.533. The second-order valence-corrected chi connectivity index (χ2v) is 5.51. The van der Waals surface area contributed by atoms with Gasteiger partial charge in [-0.15, -0.1) is 0 Å². The van der Waals surface area contributed by atoms with Crippen molar-refractivity contribution in [2.24, 2.45) is 0 Å². The molecule has 0 aliphatic carbocycles. The van der Waals surface area contributed by atoms with Crippen LogP contribution in [0.25, 0.3) is 0 Å². The summed E-state index contributed by atoms with van der Waals surface area (Å²) >= 11 is 6.14. The summed E-state index contributed by atoms with van der Waals surface area (Å²) in [5.74, 6) is 0.819. The molecule has 1 aliphatic rings. The lowest BCUT2D eigenvalue weighted by Crippen LogP contribution is -2.20. The molecule has 2 rings (SSSR count). The Balaban J connectivity index is 1.91. The fourth-order valence-electron chi connectivity index (χ4n) is 2.43. The van der Waals surface area contributed by atoms with Gasteiger partial charge in [-0.25, -0.2) is 0 Å². The maximum Gasteiger partial charge on any atom is 0.305 e. The Labute approximate surface area is 124 Å². The van der Waals surface area contributed by atoms with E-state index in [0.717, 1.165) is 48.9 Å². The zero-order valence-electron chi connectivity index (χ0n) is 11.9. The van der Waals surface area contributed by atoms with Gasteiger partial charge < -0.3 is 14.4 Å². The predicted molar refractivity (Wildman–Crippen MR) is 78.2 cm³/mol. The lowest BCUT2D eigenvalue weighted by molar-refractivity contribution is -0.140. The molecule has 1 aliphatic heterocycles. The molecule has 1 aromatic carbocycles. The summed E-state index contributed by atoms with van der Waals surface area (Å²) in [4.78, 5) is 13.2. The predicted octanol–water partition coefficient (Wildman–Crippen LogP) is 2.66. The van der Waals surface area contributed by atoms with Crippen molar-refractivity contribution in [2.75, 3.05) is 27.3 Å². The maximum absolute atomic E-state index is 11.1. The van der Waals surface area contributed by atoms with Crippen LogP contribution in [0.1, 0.15) is 24.0 Å². The number of halogens is 1. The molecule has 0 unspecified atom stereocenters. The third kappa shape index (κ3) is 3.87. The van der Waals surface area contributed by atoms with Gasteiger partial charge in [-0.2, -0.15) is 0 Å². The Morgan fingerprint density at radius 2 is 2.30 bits per heavy atom. The van der Waals surface area contributed by atoms with E-state index in [2.05, 4.69) is 9.64 Å². The number of hydrogen-bond acceptors (Lipinski definition) is 4. The highest BCUT2D eigenvalue weighted by molar-refractivity contribution is 6.30. The van der Waals surface area contributed by atoms with Crippen LogP contribution in [0, 0.1) is 0 Å². The van der Waals surface area contributed by atoms with E-state index in [1.165, 1.54) is 12.7 Å². The molecule has 0 aromatic heterocycles. The van der Waals surface area contributed by atoms with Crippen LogP contribution >= 0.6 is 11.6 Å². The lowest BCUT2D eigenvalue weighted by Gasteiger charge is -2.18. The van der Waals surface area contributed by atoms with Gasteiger partial charge in [-0.3, -0.25) is 4.79 Å². The molecule has 0 radical (unpaired) electrons. The van der Waals surface area contributed by atoms with Crippen LogP contribution in [-0.2, 0) is 22.5 Å². The zero-order valence-corrected chi connectivity index (χ0v) is 12.7. The molecule has 0 N–H and O–H groups in total. The summed E-state index contributed by atoms with van der Waals surface area (Å²) in [6, 6.07) is 3.94. The molecule has 0 bridgehead atoms. The number of benzene rings is 1. The quantitative estimate of drug-likeness (QED) is 0.757. The minimum Gasteiger partial charge on any atom is -0.493 e. The summed E-state index contributed by atoms with van der Waals surface area (Å²) in [7, 11) is 3.44. The summed E-state index contributed by atoms with van der Waals surface area (Å²) in [6.45, 7) is 2.33. The van der Waals surface area contributed by atoms with E-state index in [1.807, 2.05) is 19.2 Å². The molecule has 20 heavy (non-hydrogen) atoms. The number of carbonyl (C=O) groups excluding carboxylic acids is 1. The molecular weight excluding hydrogens is 278 g/mol. The van der Waals surface area contributed by atoms with Crippen LogP contribution in [0.5, 0.6) is 5.75 Å². The van der Waals surface area contributed by atoms with Crippen molar-refractivity contribution in [1.82, 2.24) is 4.90 Å². The average Bonchev–Trinajstić information content (AvgIpc) is 2.86. The normalized spacial score (nSPS) is 13.2. The molecule has 0 atom stereocenters. The van der Waals surface area contributed by atoms with E-state index in [9.17, 15) is 4.79 Å². The third-order valence-corrected chi connectivity index (χ3v) is 3.63. The summed E-state index contributed by atoms with van der Waals surface area (Å²) in [5, 5.41) is 0.757. The number of nitrogens with zero attached hydrogens (tertiary/aromatic N) is 1. The second-order valence-electron chi connectivity index (χ2n) is 5.07. The molecular formula is C15H20ClNO3. The van der Waals surface area contributed by atoms with Gasteiger partial charge >= 0.3 is 5.97 Å². The lowest BCUT2D eigenvalue weighted by atomic mass is 10.1. The first-order valence-corrected chi connectivity index (χ1v) is 7.17. The van der Waals surface area contributed by atoms with E-state index in [4.69, 9.17) is 16.3 Å². The number of methoxy groups -OCH3 is 1.